The fraction of sp³-hybridized carbons (Fsp3) is 0.233. The quantitative estimate of drug-likeness (QED) is 0.282. The van der Waals surface area contributed by atoms with Crippen LogP contribution in [0.1, 0.15) is 48.0 Å². The van der Waals surface area contributed by atoms with Gasteiger partial charge in [-0.1, -0.05) is 91.3 Å². The van der Waals surface area contributed by atoms with E-state index in [1.807, 2.05) is 73.7 Å². The molecule has 37 heavy (non-hydrogen) atoms. The normalized spacial score (nSPS) is 12.1. The third-order valence-electron chi connectivity index (χ3n) is 6.06. The van der Waals surface area contributed by atoms with E-state index in [1.54, 1.807) is 22.9 Å². The Bertz CT molecular complexity index is 1410. The van der Waals surface area contributed by atoms with Crippen LogP contribution in [0.15, 0.2) is 89.4 Å². The highest BCUT2D eigenvalue weighted by Gasteiger charge is 2.26. The molecule has 6 nitrogen and oxygen atoms in total. The summed E-state index contributed by atoms with van der Waals surface area (Å²) in [5.41, 5.74) is 3.96. The Labute approximate surface area is 226 Å². The summed E-state index contributed by atoms with van der Waals surface area (Å²) in [5, 5.41) is 10.8. The standard InChI is InChI=1S/C30H31BrN4O2/c1-20-11-8-9-16-25(20)35-27(19-26(34-35)30(2,3)4)33-29(37)24(17-21-12-6-5-7-13-21)32-28(36)22-14-10-15-23(31)18-22/h5-16,18-19,24H,17H2,1-4H3,(H,32,36)(H,33,37). The zero-order chi connectivity index (χ0) is 26.6. The molecule has 1 aromatic heterocycles. The highest BCUT2D eigenvalue weighted by Crippen LogP contribution is 2.27. The Morgan fingerprint density at radius 3 is 2.32 bits per heavy atom. The summed E-state index contributed by atoms with van der Waals surface area (Å²) in [6.45, 7) is 8.26. The van der Waals surface area contributed by atoms with Gasteiger partial charge in [-0.2, -0.15) is 5.10 Å². The number of amides is 2. The SMILES string of the molecule is Cc1ccccc1-n1nc(C(C)(C)C)cc1NC(=O)C(Cc1ccccc1)NC(=O)c1cccc(Br)c1. The molecule has 0 aliphatic carbocycles. The van der Waals surface area contributed by atoms with Gasteiger partial charge in [-0.05, 0) is 42.3 Å². The number of hydrogen-bond acceptors (Lipinski definition) is 3. The van der Waals surface area contributed by atoms with E-state index in [4.69, 9.17) is 5.10 Å². The molecule has 4 aromatic rings. The largest absolute Gasteiger partial charge is 0.340 e. The van der Waals surface area contributed by atoms with E-state index in [2.05, 4.69) is 47.3 Å². The second kappa shape index (κ2) is 11.1. The van der Waals surface area contributed by atoms with Gasteiger partial charge in [-0.25, -0.2) is 4.68 Å². The van der Waals surface area contributed by atoms with E-state index in [1.165, 1.54) is 0 Å². The molecule has 1 heterocycles. The molecular formula is C30H31BrN4O2. The van der Waals surface area contributed by atoms with Crippen LogP contribution in [0.5, 0.6) is 0 Å². The van der Waals surface area contributed by atoms with Crippen molar-refractivity contribution in [1.29, 1.82) is 0 Å². The van der Waals surface area contributed by atoms with Gasteiger partial charge in [-0.15, -0.1) is 0 Å². The first-order valence-electron chi connectivity index (χ1n) is 12.2. The molecule has 3 aromatic carbocycles. The summed E-state index contributed by atoms with van der Waals surface area (Å²) in [6, 6.07) is 25.8. The lowest BCUT2D eigenvalue weighted by atomic mass is 9.92. The lowest BCUT2D eigenvalue weighted by Gasteiger charge is -2.19. The predicted molar refractivity (Wildman–Crippen MR) is 151 cm³/mol. The van der Waals surface area contributed by atoms with Gasteiger partial charge in [0.05, 0.1) is 11.4 Å². The van der Waals surface area contributed by atoms with Crippen LogP contribution in [0.3, 0.4) is 0 Å². The maximum absolute atomic E-state index is 13.7. The second-order valence-corrected chi connectivity index (χ2v) is 11.0. The number of aryl methyl sites for hydroxylation is 1. The van der Waals surface area contributed by atoms with Crippen LogP contribution in [0, 0.1) is 6.92 Å². The first-order chi connectivity index (χ1) is 17.6. The molecule has 0 aliphatic heterocycles. The molecule has 0 radical (unpaired) electrons. The Kier molecular flexibility index (Phi) is 7.93. The number of benzene rings is 3. The van der Waals surface area contributed by atoms with E-state index in [0.29, 0.717) is 17.8 Å². The third kappa shape index (κ3) is 6.54. The Balaban J connectivity index is 1.67. The molecular weight excluding hydrogens is 528 g/mol. The van der Waals surface area contributed by atoms with Crippen LogP contribution < -0.4 is 10.6 Å². The molecule has 0 saturated heterocycles. The van der Waals surface area contributed by atoms with Gasteiger partial charge in [0, 0.05) is 27.9 Å². The van der Waals surface area contributed by atoms with E-state index < -0.39 is 6.04 Å². The minimum absolute atomic E-state index is 0.217. The summed E-state index contributed by atoms with van der Waals surface area (Å²) in [7, 11) is 0. The molecule has 0 saturated carbocycles. The minimum atomic E-state index is -0.799. The molecule has 0 bridgehead atoms. The van der Waals surface area contributed by atoms with E-state index in [-0.39, 0.29) is 17.2 Å². The predicted octanol–water partition coefficient (Wildman–Crippen LogP) is 6.22. The van der Waals surface area contributed by atoms with Gasteiger partial charge in [0.15, 0.2) is 0 Å². The van der Waals surface area contributed by atoms with Gasteiger partial charge in [0.25, 0.3) is 5.91 Å². The van der Waals surface area contributed by atoms with Crippen LogP contribution >= 0.6 is 15.9 Å². The molecule has 4 rings (SSSR count). The van der Waals surface area contributed by atoms with Crippen molar-refractivity contribution in [1.82, 2.24) is 15.1 Å². The molecule has 2 amide bonds. The molecule has 0 fully saturated rings. The highest BCUT2D eigenvalue weighted by molar-refractivity contribution is 9.10. The number of aromatic nitrogens is 2. The third-order valence-corrected chi connectivity index (χ3v) is 6.56. The first kappa shape index (κ1) is 26.4. The van der Waals surface area contributed by atoms with E-state index in [0.717, 1.165) is 27.0 Å². The number of anilines is 1. The highest BCUT2D eigenvalue weighted by atomic mass is 79.9. The lowest BCUT2D eigenvalue weighted by molar-refractivity contribution is -0.118. The summed E-state index contributed by atoms with van der Waals surface area (Å²) in [6.07, 6.45) is 0.344. The molecule has 1 atom stereocenters. The number of halogens is 1. The summed E-state index contributed by atoms with van der Waals surface area (Å²) >= 11 is 3.41. The maximum Gasteiger partial charge on any atom is 0.251 e. The molecule has 7 heteroatoms. The second-order valence-electron chi connectivity index (χ2n) is 10.1. The maximum atomic E-state index is 13.7. The van der Waals surface area contributed by atoms with Crippen molar-refractivity contribution in [3.05, 3.63) is 112 Å². The number of nitrogens with one attached hydrogen (secondary N) is 2. The summed E-state index contributed by atoms with van der Waals surface area (Å²) < 4.78 is 2.56. The zero-order valence-electron chi connectivity index (χ0n) is 21.5. The Morgan fingerprint density at radius 1 is 0.946 bits per heavy atom. The van der Waals surface area contributed by atoms with Crippen molar-refractivity contribution in [2.75, 3.05) is 5.32 Å². The molecule has 190 valence electrons. The van der Waals surface area contributed by atoms with Gasteiger partial charge >= 0.3 is 0 Å². The number of carbonyl (C=O) groups excluding carboxylic acids is 2. The Morgan fingerprint density at radius 2 is 1.65 bits per heavy atom. The van der Waals surface area contributed by atoms with Crippen molar-refractivity contribution in [3.8, 4) is 5.69 Å². The smallest absolute Gasteiger partial charge is 0.251 e. The fourth-order valence-electron chi connectivity index (χ4n) is 3.97. The van der Waals surface area contributed by atoms with Crippen LogP contribution in [0.2, 0.25) is 0 Å². The first-order valence-corrected chi connectivity index (χ1v) is 13.0. The Hall–Kier alpha value is -3.71. The van der Waals surface area contributed by atoms with E-state index in [9.17, 15) is 9.59 Å². The van der Waals surface area contributed by atoms with Crippen LogP contribution in [-0.4, -0.2) is 27.6 Å². The molecule has 2 N–H and O–H groups in total. The number of rotatable bonds is 7. The fourth-order valence-corrected chi connectivity index (χ4v) is 4.36. The summed E-state index contributed by atoms with van der Waals surface area (Å²) in [5.74, 6) is -0.0819. The van der Waals surface area contributed by atoms with Gasteiger partial charge in [0.1, 0.15) is 11.9 Å². The van der Waals surface area contributed by atoms with Gasteiger partial charge in [0.2, 0.25) is 5.91 Å². The van der Waals surface area contributed by atoms with Crippen molar-refractivity contribution < 1.29 is 9.59 Å². The van der Waals surface area contributed by atoms with Crippen molar-refractivity contribution in [3.63, 3.8) is 0 Å². The average molecular weight is 560 g/mol. The zero-order valence-corrected chi connectivity index (χ0v) is 23.0. The van der Waals surface area contributed by atoms with E-state index >= 15 is 0 Å². The number of carbonyl (C=O) groups is 2. The monoisotopic (exact) mass is 558 g/mol. The topological polar surface area (TPSA) is 76.0 Å². The van der Waals surface area contributed by atoms with Crippen LogP contribution in [0.4, 0.5) is 5.82 Å². The minimum Gasteiger partial charge on any atom is -0.340 e. The van der Waals surface area contributed by atoms with Crippen LogP contribution in [0.25, 0.3) is 5.69 Å². The van der Waals surface area contributed by atoms with Gasteiger partial charge < -0.3 is 10.6 Å². The average Bonchev–Trinajstić information content (AvgIpc) is 3.28. The van der Waals surface area contributed by atoms with Crippen molar-refractivity contribution in [2.45, 2.75) is 45.6 Å². The molecule has 0 spiro atoms. The van der Waals surface area contributed by atoms with Crippen molar-refractivity contribution >= 4 is 33.6 Å². The number of nitrogens with zero attached hydrogens (tertiary/aromatic N) is 2. The molecule has 0 aliphatic rings. The van der Waals surface area contributed by atoms with Crippen molar-refractivity contribution in [2.24, 2.45) is 0 Å². The van der Waals surface area contributed by atoms with Gasteiger partial charge in [-0.3, -0.25) is 9.59 Å². The lowest BCUT2D eigenvalue weighted by Crippen LogP contribution is -2.45. The summed E-state index contributed by atoms with van der Waals surface area (Å²) in [4.78, 5) is 26.8. The number of para-hydroxylation sites is 1. The number of hydrogen-bond donors (Lipinski definition) is 2. The molecule has 1 unspecified atom stereocenters. The van der Waals surface area contributed by atoms with Crippen LogP contribution in [-0.2, 0) is 16.6 Å².